The molecule has 0 radical (unpaired) electrons. The summed E-state index contributed by atoms with van der Waals surface area (Å²) in [5, 5.41) is 26.9. The summed E-state index contributed by atoms with van der Waals surface area (Å²) in [4.78, 5) is 36.7. The van der Waals surface area contributed by atoms with Crippen LogP contribution in [0.3, 0.4) is 0 Å². The second kappa shape index (κ2) is 16.6. The number of likely N-dealkylation sites (tertiary alicyclic amines) is 2. The highest BCUT2D eigenvalue weighted by atomic mass is 16.5. The summed E-state index contributed by atoms with van der Waals surface area (Å²) in [6, 6.07) is 19.4. The monoisotopic (exact) mass is 524 g/mol. The second-order valence-electron chi connectivity index (χ2n) is 9.99. The van der Waals surface area contributed by atoms with E-state index in [9.17, 15) is 24.6 Å². The van der Waals surface area contributed by atoms with E-state index in [4.69, 9.17) is 5.11 Å². The minimum Gasteiger partial charge on any atom is -0.828 e. The van der Waals surface area contributed by atoms with Crippen molar-refractivity contribution < 1.29 is 39.5 Å². The number of Topliss-reactive ketones (excluding diaryl/α,β-unsaturated/α-hetero) is 2. The van der Waals surface area contributed by atoms with Gasteiger partial charge in [-0.3, -0.25) is 9.59 Å². The number of aliphatic carboxylic acids is 1. The minimum atomic E-state index is -1.96. The number of aliphatic hydroxyl groups excluding tert-OH is 1. The topological polar surface area (TPSA) is 126 Å². The van der Waals surface area contributed by atoms with Crippen LogP contribution in [0.4, 0.5) is 0 Å². The van der Waals surface area contributed by atoms with Crippen molar-refractivity contribution in [1.82, 2.24) is 0 Å². The van der Waals surface area contributed by atoms with Gasteiger partial charge in [-0.25, -0.2) is 0 Å². The van der Waals surface area contributed by atoms with Gasteiger partial charge in [-0.05, 0) is 12.4 Å². The number of rotatable bonds is 6. The number of benzene rings is 2. The SMILES string of the molecule is C[NH+]1CCC(C(=O)c2ccccc2)CC1.C[NH+]1CCC(C(=O)c2ccccc2)CC1.O=C([O-])C=CC([O-])O. The molecule has 0 saturated carbocycles. The Labute approximate surface area is 225 Å². The van der Waals surface area contributed by atoms with E-state index in [1.54, 1.807) is 9.80 Å². The number of piperidine rings is 2. The molecule has 2 aromatic carbocycles. The number of carboxylic acid groups (broad SMARTS) is 1. The number of carboxylic acids is 1. The van der Waals surface area contributed by atoms with Gasteiger partial charge in [0.1, 0.15) is 0 Å². The largest absolute Gasteiger partial charge is 0.828 e. The molecule has 2 aliphatic rings. The number of hydrogen-bond acceptors (Lipinski definition) is 6. The van der Waals surface area contributed by atoms with Crippen molar-refractivity contribution in [2.45, 2.75) is 32.0 Å². The number of quaternary nitrogens is 2. The van der Waals surface area contributed by atoms with Crippen molar-refractivity contribution in [2.75, 3.05) is 40.3 Å². The summed E-state index contributed by atoms with van der Waals surface area (Å²) in [7, 11) is 4.40. The molecule has 4 rings (SSSR count). The molecule has 0 aromatic heterocycles. The fraction of sp³-hybridized carbons (Fsp3) is 0.433. The maximum Gasteiger partial charge on any atom is 0.166 e. The third-order valence-electron chi connectivity index (χ3n) is 6.93. The molecule has 0 aliphatic carbocycles. The van der Waals surface area contributed by atoms with Crippen LogP contribution in [0.5, 0.6) is 0 Å². The van der Waals surface area contributed by atoms with Crippen LogP contribution in [0.2, 0.25) is 0 Å². The molecule has 2 saturated heterocycles. The molecule has 1 unspecified atom stereocenters. The van der Waals surface area contributed by atoms with Crippen LogP contribution in [0.15, 0.2) is 72.8 Å². The van der Waals surface area contributed by atoms with E-state index in [0.29, 0.717) is 23.7 Å². The van der Waals surface area contributed by atoms with E-state index in [-0.39, 0.29) is 11.8 Å². The molecule has 0 spiro atoms. The van der Waals surface area contributed by atoms with Gasteiger partial charge >= 0.3 is 0 Å². The van der Waals surface area contributed by atoms with Gasteiger partial charge in [-0.15, -0.1) is 0 Å². The quantitative estimate of drug-likeness (QED) is 0.241. The van der Waals surface area contributed by atoms with Crippen molar-refractivity contribution in [2.24, 2.45) is 11.8 Å². The molecule has 38 heavy (non-hydrogen) atoms. The third kappa shape index (κ3) is 11.5. The lowest BCUT2D eigenvalue weighted by Crippen LogP contribution is -3.10. The predicted molar refractivity (Wildman–Crippen MR) is 140 cm³/mol. The third-order valence-corrected chi connectivity index (χ3v) is 6.93. The van der Waals surface area contributed by atoms with Gasteiger partial charge in [0.05, 0.1) is 46.2 Å². The first kappa shape index (κ1) is 31.1. The molecule has 0 amide bonds. The lowest BCUT2D eigenvalue weighted by Gasteiger charge is -2.25. The lowest BCUT2D eigenvalue weighted by atomic mass is 9.89. The Morgan fingerprint density at radius 2 is 1.11 bits per heavy atom. The highest BCUT2D eigenvalue weighted by molar-refractivity contribution is 5.98. The summed E-state index contributed by atoms with van der Waals surface area (Å²) < 4.78 is 0. The van der Waals surface area contributed by atoms with Crippen molar-refractivity contribution >= 4 is 17.5 Å². The Balaban J connectivity index is 0.000000211. The van der Waals surface area contributed by atoms with Gasteiger partial charge in [-0.2, -0.15) is 0 Å². The van der Waals surface area contributed by atoms with E-state index < -0.39 is 12.3 Å². The Kier molecular flexibility index (Phi) is 13.6. The Morgan fingerprint density at radius 1 is 0.763 bits per heavy atom. The average molecular weight is 525 g/mol. The zero-order valence-corrected chi connectivity index (χ0v) is 22.3. The van der Waals surface area contributed by atoms with Gasteiger partial charge in [0.15, 0.2) is 11.6 Å². The first-order chi connectivity index (χ1) is 18.2. The van der Waals surface area contributed by atoms with Crippen molar-refractivity contribution in [3.63, 3.8) is 0 Å². The number of nitrogens with one attached hydrogen (secondary N) is 2. The standard InChI is InChI=1S/2C13H17NO.C4H5O4/c2*1-14-9-7-12(8-10-14)13(15)11-5-3-2-4-6-11;5-3(6)1-2-4(7)8/h2*2-6,12H,7-10H2,1H3;1-3,5H,(H,7,8)/q;;-1/p+1. The van der Waals surface area contributed by atoms with E-state index in [1.807, 2.05) is 60.7 Å². The predicted octanol–water partition coefficient (Wildman–Crippen LogP) is -1.44. The molecule has 3 N–H and O–H groups in total. The molecule has 8 nitrogen and oxygen atoms in total. The molecule has 2 aromatic rings. The Morgan fingerprint density at radius 3 is 1.37 bits per heavy atom. The van der Waals surface area contributed by atoms with Crippen LogP contribution in [0.25, 0.3) is 0 Å². The van der Waals surface area contributed by atoms with E-state index in [1.165, 1.54) is 0 Å². The number of carbonyl (C=O) groups excluding carboxylic acids is 3. The minimum absolute atomic E-state index is 0.260. The second-order valence-corrected chi connectivity index (χ2v) is 9.99. The maximum absolute atomic E-state index is 12.1. The fourth-order valence-electron chi connectivity index (χ4n) is 4.58. The Hall–Kier alpha value is -3.17. The van der Waals surface area contributed by atoms with Crippen LogP contribution < -0.4 is 20.0 Å². The zero-order chi connectivity index (χ0) is 27.9. The maximum atomic E-state index is 12.1. The first-order valence-corrected chi connectivity index (χ1v) is 13.2. The average Bonchev–Trinajstić information content (AvgIpc) is 2.94. The highest BCUT2D eigenvalue weighted by Gasteiger charge is 2.27. The summed E-state index contributed by atoms with van der Waals surface area (Å²) in [6.45, 7) is 4.51. The molecular weight excluding hydrogens is 484 g/mol. The van der Waals surface area contributed by atoms with Crippen molar-refractivity contribution in [3.8, 4) is 0 Å². The lowest BCUT2D eigenvalue weighted by molar-refractivity contribution is -0.885. The number of ketones is 2. The highest BCUT2D eigenvalue weighted by Crippen LogP contribution is 2.17. The fourth-order valence-corrected chi connectivity index (χ4v) is 4.58. The summed E-state index contributed by atoms with van der Waals surface area (Å²) >= 11 is 0. The van der Waals surface area contributed by atoms with Gasteiger partial charge in [0, 0.05) is 48.6 Å². The molecule has 206 valence electrons. The number of hydrogen-bond donors (Lipinski definition) is 3. The normalized spacial score (nSPS) is 23.7. The molecule has 0 bridgehead atoms. The summed E-state index contributed by atoms with van der Waals surface area (Å²) in [5.74, 6) is -0.293. The summed E-state index contributed by atoms with van der Waals surface area (Å²) in [6.07, 6.45) is 3.26. The van der Waals surface area contributed by atoms with Gasteiger partial charge in [0.25, 0.3) is 0 Å². The molecule has 8 heteroatoms. The molecular formula is C30H40N2O6. The van der Waals surface area contributed by atoms with E-state index in [0.717, 1.165) is 63.0 Å². The van der Waals surface area contributed by atoms with Crippen molar-refractivity contribution in [1.29, 1.82) is 0 Å². The van der Waals surface area contributed by atoms with Crippen molar-refractivity contribution in [3.05, 3.63) is 83.9 Å². The Bertz CT molecular complexity index is 940. The van der Waals surface area contributed by atoms with Gasteiger partial charge < -0.3 is 29.9 Å². The smallest absolute Gasteiger partial charge is 0.166 e. The molecule has 2 heterocycles. The zero-order valence-electron chi connectivity index (χ0n) is 22.3. The van der Waals surface area contributed by atoms with Gasteiger partial charge in [0.2, 0.25) is 0 Å². The summed E-state index contributed by atoms with van der Waals surface area (Å²) in [5.41, 5.74) is 1.75. The van der Waals surface area contributed by atoms with Crippen LogP contribution in [-0.2, 0) is 4.79 Å². The number of carbonyl (C=O) groups is 3. The van der Waals surface area contributed by atoms with E-state index in [2.05, 4.69) is 14.1 Å². The first-order valence-electron chi connectivity index (χ1n) is 13.2. The van der Waals surface area contributed by atoms with Gasteiger partial charge in [-0.1, -0.05) is 66.7 Å². The molecule has 2 fully saturated rings. The van der Waals surface area contributed by atoms with Crippen LogP contribution in [0.1, 0.15) is 46.4 Å². The molecule has 1 atom stereocenters. The van der Waals surface area contributed by atoms with Crippen LogP contribution >= 0.6 is 0 Å². The molecule has 2 aliphatic heterocycles. The van der Waals surface area contributed by atoms with Crippen LogP contribution in [-0.4, -0.2) is 69.2 Å². The number of aliphatic hydroxyl groups is 1. The van der Waals surface area contributed by atoms with Crippen LogP contribution in [0, 0.1) is 11.8 Å². The van der Waals surface area contributed by atoms with E-state index >= 15 is 0 Å².